The first-order chi connectivity index (χ1) is 10.1. The van der Waals surface area contributed by atoms with Crippen LogP contribution in [0.1, 0.15) is 0 Å². The molecule has 7 heteroatoms. The van der Waals surface area contributed by atoms with Gasteiger partial charge < -0.3 is 0 Å². The molecule has 1 aromatic heterocycles. The Hall–Kier alpha value is -1.57. The van der Waals surface area contributed by atoms with E-state index in [1.165, 1.54) is 0 Å². The van der Waals surface area contributed by atoms with E-state index in [0.29, 0.717) is 5.69 Å². The maximum atomic E-state index is 12.7. The highest BCUT2D eigenvalue weighted by Gasteiger charge is 2.25. The topological polar surface area (TPSA) is 59.9 Å². The summed E-state index contributed by atoms with van der Waals surface area (Å²) in [6.45, 7) is 0. The van der Waals surface area contributed by atoms with Crippen molar-refractivity contribution in [3.05, 3.63) is 59.1 Å². The van der Waals surface area contributed by atoms with Crippen LogP contribution in [0.15, 0.2) is 68.2 Å². The molecule has 0 saturated carbocycles. The van der Waals surface area contributed by atoms with E-state index in [9.17, 15) is 8.42 Å². The number of aromatic nitrogens is 2. The smallest absolute Gasteiger partial charge is 0.218 e. The minimum Gasteiger partial charge on any atom is -0.218 e. The Bertz CT molecular complexity index is 860. The van der Waals surface area contributed by atoms with E-state index >= 15 is 0 Å². The molecule has 0 atom stereocenters. The van der Waals surface area contributed by atoms with Gasteiger partial charge in [0.2, 0.25) is 9.84 Å². The fourth-order valence-corrected chi connectivity index (χ4v) is 4.46. The molecule has 0 radical (unpaired) electrons. The fraction of sp³-hybridized carbons (Fsp3) is 0. The van der Waals surface area contributed by atoms with Gasteiger partial charge in [-0.15, -0.1) is 5.10 Å². The molecule has 2 aromatic carbocycles. The van der Waals surface area contributed by atoms with Gasteiger partial charge >= 0.3 is 0 Å². The highest BCUT2D eigenvalue weighted by atomic mass is 79.9. The van der Waals surface area contributed by atoms with Gasteiger partial charge in [0, 0.05) is 21.6 Å². The standard InChI is InChI=1S/C14H9BrN2O2S2/c15-11-6-8-12(9-7-11)21(18,19)14-13(16-17-20-14)10-4-2-1-3-5-10/h1-9H. The van der Waals surface area contributed by atoms with Gasteiger partial charge in [0.1, 0.15) is 5.69 Å². The van der Waals surface area contributed by atoms with Crippen LogP contribution in [0.3, 0.4) is 0 Å². The lowest BCUT2D eigenvalue weighted by Gasteiger charge is -2.04. The Balaban J connectivity index is 2.13. The molecule has 106 valence electrons. The van der Waals surface area contributed by atoms with Crippen molar-refractivity contribution in [1.29, 1.82) is 0 Å². The number of rotatable bonds is 3. The van der Waals surface area contributed by atoms with Crippen LogP contribution >= 0.6 is 27.5 Å². The Morgan fingerprint density at radius 2 is 1.62 bits per heavy atom. The number of benzene rings is 2. The van der Waals surface area contributed by atoms with Crippen molar-refractivity contribution in [3.8, 4) is 11.3 Å². The second-order valence-electron chi connectivity index (χ2n) is 4.23. The lowest BCUT2D eigenvalue weighted by Crippen LogP contribution is -2.01. The van der Waals surface area contributed by atoms with E-state index in [4.69, 9.17) is 0 Å². The Labute approximate surface area is 134 Å². The zero-order valence-corrected chi connectivity index (χ0v) is 13.8. The molecule has 4 nitrogen and oxygen atoms in total. The maximum Gasteiger partial charge on any atom is 0.219 e. The quantitative estimate of drug-likeness (QED) is 0.693. The summed E-state index contributed by atoms with van der Waals surface area (Å²) in [5, 5.41) is 3.98. The summed E-state index contributed by atoms with van der Waals surface area (Å²) in [6, 6.07) is 15.7. The minimum absolute atomic E-state index is 0.163. The first-order valence-corrected chi connectivity index (χ1v) is 9.02. The Kier molecular flexibility index (Phi) is 3.88. The molecule has 0 aliphatic rings. The van der Waals surface area contributed by atoms with Crippen LogP contribution in [0, 0.1) is 0 Å². The molecule has 0 amide bonds. The third-order valence-corrected chi connectivity index (χ3v) is 6.38. The van der Waals surface area contributed by atoms with Crippen LogP contribution in [-0.2, 0) is 9.84 Å². The summed E-state index contributed by atoms with van der Waals surface area (Å²) >= 11 is 4.18. The lowest BCUT2D eigenvalue weighted by atomic mass is 10.2. The highest BCUT2D eigenvalue weighted by Crippen LogP contribution is 2.32. The summed E-state index contributed by atoms with van der Waals surface area (Å²) in [4.78, 5) is 0.230. The third-order valence-electron chi connectivity index (χ3n) is 2.87. The average molecular weight is 381 g/mol. The third kappa shape index (κ3) is 2.76. The predicted octanol–water partition coefficient (Wildman–Crippen LogP) is 3.80. The summed E-state index contributed by atoms with van der Waals surface area (Å²) in [5.74, 6) is 0. The van der Waals surface area contributed by atoms with Crippen LogP contribution in [-0.4, -0.2) is 18.0 Å². The molecule has 0 aliphatic heterocycles. The van der Waals surface area contributed by atoms with Crippen molar-refractivity contribution in [2.45, 2.75) is 9.10 Å². The maximum absolute atomic E-state index is 12.7. The molecular weight excluding hydrogens is 372 g/mol. The number of hydrogen-bond acceptors (Lipinski definition) is 5. The molecule has 0 saturated heterocycles. The molecule has 1 heterocycles. The van der Waals surface area contributed by atoms with Gasteiger partial charge in [-0.1, -0.05) is 50.8 Å². The van der Waals surface area contributed by atoms with Crippen molar-refractivity contribution in [3.63, 3.8) is 0 Å². The lowest BCUT2D eigenvalue weighted by molar-refractivity contribution is 0.598. The molecule has 3 rings (SSSR count). The number of hydrogen-bond donors (Lipinski definition) is 0. The second-order valence-corrected chi connectivity index (χ2v) is 8.05. The van der Waals surface area contributed by atoms with Gasteiger partial charge in [0.25, 0.3) is 0 Å². The zero-order chi connectivity index (χ0) is 14.9. The van der Waals surface area contributed by atoms with E-state index in [0.717, 1.165) is 21.6 Å². The number of halogens is 1. The van der Waals surface area contributed by atoms with Crippen molar-refractivity contribution in [2.75, 3.05) is 0 Å². The number of sulfone groups is 1. The largest absolute Gasteiger partial charge is 0.219 e. The van der Waals surface area contributed by atoms with E-state index in [2.05, 4.69) is 25.5 Å². The van der Waals surface area contributed by atoms with Gasteiger partial charge in [-0.05, 0) is 24.3 Å². The van der Waals surface area contributed by atoms with Crippen molar-refractivity contribution < 1.29 is 8.42 Å². The van der Waals surface area contributed by atoms with Crippen LogP contribution in [0.2, 0.25) is 0 Å². The highest BCUT2D eigenvalue weighted by molar-refractivity contribution is 9.10. The van der Waals surface area contributed by atoms with Crippen LogP contribution in [0.5, 0.6) is 0 Å². The van der Waals surface area contributed by atoms with Crippen LogP contribution < -0.4 is 0 Å². The molecule has 0 spiro atoms. The monoisotopic (exact) mass is 380 g/mol. The summed E-state index contributed by atoms with van der Waals surface area (Å²) in [6.07, 6.45) is 0. The average Bonchev–Trinajstić information content (AvgIpc) is 2.99. The predicted molar refractivity (Wildman–Crippen MR) is 84.9 cm³/mol. The second kappa shape index (κ2) is 5.67. The molecule has 21 heavy (non-hydrogen) atoms. The molecular formula is C14H9BrN2O2S2. The van der Waals surface area contributed by atoms with Gasteiger partial charge in [-0.3, -0.25) is 0 Å². The van der Waals surface area contributed by atoms with E-state index in [1.807, 2.05) is 30.3 Å². The normalized spacial score (nSPS) is 11.5. The number of nitrogens with zero attached hydrogens (tertiary/aromatic N) is 2. The molecule has 0 unspecified atom stereocenters. The van der Waals surface area contributed by atoms with Gasteiger partial charge in [0.05, 0.1) is 4.90 Å². The van der Waals surface area contributed by atoms with Gasteiger partial charge in [0.15, 0.2) is 4.21 Å². The van der Waals surface area contributed by atoms with Crippen LogP contribution in [0.25, 0.3) is 11.3 Å². The first kappa shape index (κ1) is 14.4. The molecule has 0 aliphatic carbocycles. The van der Waals surface area contributed by atoms with E-state index in [-0.39, 0.29) is 9.10 Å². The van der Waals surface area contributed by atoms with Crippen LogP contribution in [0.4, 0.5) is 0 Å². The van der Waals surface area contributed by atoms with Crippen molar-refractivity contribution in [2.24, 2.45) is 0 Å². The zero-order valence-electron chi connectivity index (χ0n) is 10.6. The molecule has 0 bridgehead atoms. The van der Waals surface area contributed by atoms with Crippen molar-refractivity contribution in [1.82, 2.24) is 9.59 Å². The molecule has 0 fully saturated rings. The minimum atomic E-state index is -3.62. The SMILES string of the molecule is O=S(=O)(c1ccc(Br)cc1)c1snnc1-c1ccccc1. The summed E-state index contributed by atoms with van der Waals surface area (Å²) in [7, 11) is -3.62. The molecule has 0 N–H and O–H groups in total. The summed E-state index contributed by atoms with van der Waals surface area (Å²) in [5.41, 5.74) is 1.13. The Morgan fingerprint density at radius 1 is 0.952 bits per heavy atom. The van der Waals surface area contributed by atoms with Gasteiger partial charge in [-0.25, -0.2) is 8.42 Å². The molecule has 3 aromatic rings. The summed E-state index contributed by atoms with van der Waals surface area (Å²) < 4.78 is 30.2. The Morgan fingerprint density at radius 3 is 2.29 bits per heavy atom. The van der Waals surface area contributed by atoms with Gasteiger partial charge in [-0.2, -0.15) is 0 Å². The van der Waals surface area contributed by atoms with E-state index in [1.54, 1.807) is 24.3 Å². The first-order valence-electron chi connectivity index (χ1n) is 5.97. The fourth-order valence-electron chi connectivity index (χ4n) is 1.85. The van der Waals surface area contributed by atoms with E-state index < -0.39 is 9.84 Å². The van der Waals surface area contributed by atoms with Crippen molar-refractivity contribution >= 4 is 37.3 Å².